The first kappa shape index (κ1) is 38.3. The van der Waals surface area contributed by atoms with Gasteiger partial charge in [0.05, 0.1) is 19.5 Å². The number of aliphatic hydroxyl groups is 3. The number of hydrogen-bond acceptors (Lipinski definition) is 16. The van der Waals surface area contributed by atoms with Gasteiger partial charge in [-0.05, 0) is 64.7 Å². The molecule has 2 aliphatic rings. The number of hydrogen-bond donors (Lipinski definition) is 9. The zero-order chi connectivity index (χ0) is 40.3. The topological polar surface area (TPSA) is 274 Å². The number of fused-ring (bicyclic) bond motifs is 1. The first-order chi connectivity index (χ1) is 28.1. The number of aromatic nitrogens is 8. The summed E-state index contributed by atoms with van der Waals surface area (Å²) in [7, 11) is 0. The van der Waals surface area contributed by atoms with Crippen molar-refractivity contribution in [1.29, 1.82) is 0 Å². The first-order valence-corrected chi connectivity index (χ1v) is 18.7. The van der Waals surface area contributed by atoms with Crippen LogP contribution in [0.3, 0.4) is 0 Å². The summed E-state index contributed by atoms with van der Waals surface area (Å²) < 4.78 is 7.66. The van der Waals surface area contributed by atoms with E-state index in [1.54, 1.807) is 48.5 Å². The molecule has 5 atom stereocenters. The van der Waals surface area contributed by atoms with Crippen molar-refractivity contribution in [3.63, 3.8) is 0 Å². The summed E-state index contributed by atoms with van der Waals surface area (Å²) in [6.07, 6.45) is -3.17. The molecule has 8 rings (SSSR count). The van der Waals surface area contributed by atoms with E-state index in [2.05, 4.69) is 36.3 Å². The van der Waals surface area contributed by atoms with Crippen molar-refractivity contribution in [1.82, 2.24) is 50.4 Å². The molecule has 0 saturated carbocycles. The van der Waals surface area contributed by atoms with Gasteiger partial charge in [-0.2, -0.15) is 14.8 Å². The van der Waals surface area contributed by atoms with Crippen molar-refractivity contribution in [2.45, 2.75) is 56.0 Å². The smallest absolute Gasteiger partial charge is 0.315 e. The first-order valence-electron chi connectivity index (χ1n) is 18.7. The Labute approximate surface area is 330 Å². The number of benzene rings is 3. The van der Waals surface area contributed by atoms with E-state index in [1.165, 1.54) is 10.9 Å². The number of urea groups is 1. The second kappa shape index (κ2) is 16.5. The molecule has 5 heterocycles. The van der Waals surface area contributed by atoms with Gasteiger partial charge in [-0.1, -0.05) is 36.4 Å². The predicted molar refractivity (Wildman–Crippen MR) is 206 cm³/mol. The fourth-order valence-corrected chi connectivity index (χ4v) is 7.20. The summed E-state index contributed by atoms with van der Waals surface area (Å²) in [5, 5.41) is 82.7. The van der Waals surface area contributed by atoms with Gasteiger partial charge in [0.2, 0.25) is 11.8 Å². The average Bonchev–Trinajstić information content (AvgIpc) is 4.03. The van der Waals surface area contributed by atoms with E-state index in [0.29, 0.717) is 43.3 Å². The maximum Gasteiger partial charge on any atom is 0.315 e. The third-order valence-corrected chi connectivity index (χ3v) is 10.2. The van der Waals surface area contributed by atoms with Gasteiger partial charge < -0.3 is 56.2 Å². The van der Waals surface area contributed by atoms with Crippen LogP contribution < -0.4 is 20.9 Å². The summed E-state index contributed by atoms with van der Waals surface area (Å²) in [6, 6.07) is 19.7. The molecule has 2 aliphatic heterocycles. The second-order valence-corrected chi connectivity index (χ2v) is 14.1. The molecule has 2 amide bonds. The molecule has 2 saturated heterocycles. The number of amides is 2. The quantitative estimate of drug-likeness (QED) is 0.0796. The lowest BCUT2D eigenvalue weighted by Crippen LogP contribution is -2.43. The third-order valence-electron chi connectivity index (χ3n) is 10.2. The second-order valence-electron chi connectivity index (χ2n) is 14.1. The highest BCUT2D eigenvalue weighted by atomic mass is 16.6. The van der Waals surface area contributed by atoms with Gasteiger partial charge in [0.25, 0.3) is 0 Å². The Bertz CT molecular complexity index is 2310. The standard InChI is InChI=1S/C38H42N12O8/c51-15-14-50-46-34(45-47-50)32-30(55)31(56)36(58-32)49-20-41-29-33(39-18-28(22-4-8-25(52)9-5-22)23-6-10-26(53)11-7-23)43-37(44-35(29)49)48-13-12-24(19-48)42-38(57)40-17-21-2-1-3-27(54)16-21/h1-11,16,20,24,28,30-32,36,51-56H,12-15,17-19H2,(H,39,43,44)(H2,40,42,57)/t24-,30+,31-,32+,36-/m1/s1. The minimum absolute atomic E-state index is 0.0284. The maximum atomic E-state index is 12.9. The number of carbonyl (C=O) groups excluding carboxylic acids is 1. The number of phenols is 3. The minimum atomic E-state index is -1.45. The Kier molecular flexibility index (Phi) is 10.9. The van der Waals surface area contributed by atoms with E-state index in [1.807, 2.05) is 29.2 Å². The van der Waals surface area contributed by atoms with Gasteiger partial charge >= 0.3 is 6.03 Å². The van der Waals surface area contributed by atoms with Crippen LogP contribution in [0.15, 0.2) is 79.1 Å². The van der Waals surface area contributed by atoms with E-state index in [0.717, 1.165) is 21.5 Å². The molecule has 3 aromatic heterocycles. The van der Waals surface area contributed by atoms with Gasteiger partial charge in [0, 0.05) is 38.1 Å². The summed E-state index contributed by atoms with van der Waals surface area (Å²) in [5.41, 5.74) is 3.15. The Morgan fingerprint density at radius 1 is 0.931 bits per heavy atom. The number of anilines is 2. The van der Waals surface area contributed by atoms with Crippen LogP contribution in [0.4, 0.5) is 16.6 Å². The molecule has 6 aromatic rings. The number of nitrogens with zero attached hydrogens (tertiary/aromatic N) is 9. The molecule has 0 radical (unpaired) electrons. The highest BCUT2D eigenvalue weighted by molar-refractivity contribution is 5.84. The predicted octanol–water partition coefficient (Wildman–Crippen LogP) is 1.24. The van der Waals surface area contributed by atoms with Gasteiger partial charge in [0.1, 0.15) is 29.5 Å². The molecule has 0 unspecified atom stereocenters. The van der Waals surface area contributed by atoms with Crippen LogP contribution >= 0.6 is 0 Å². The Balaban J connectivity index is 1.08. The molecular formula is C38H42N12O8. The highest BCUT2D eigenvalue weighted by Crippen LogP contribution is 2.39. The molecular weight excluding hydrogens is 752 g/mol. The molecule has 0 aliphatic carbocycles. The molecule has 58 heavy (non-hydrogen) atoms. The maximum absolute atomic E-state index is 12.9. The van der Waals surface area contributed by atoms with Crippen LogP contribution in [0.5, 0.6) is 17.2 Å². The van der Waals surface area contributed by atoms with Crippen LogP contribution in [0.25, 0.3) is 11.2 Å². The summed E-state index contributed by atoms with van der Waals surface area (Å²) >= 11 is 0. The zero-order valence-corrected chi connectivity index (χ0v) is 30.9. The molecule has 0 bridgehead atoms. The van der Waals surface area contributed by atoms with Gasteiger partial charge in [-0.3, -0.25) is 4.57 Å². The fourth-order valence-electron chi connectivity index (χ4n) is 7.20. The zero-order valence-electron chi connectivity index (χ0n) is 30.9. The third kappa shape index (κ3) is 8.11. The fraction of sp³-hybridized carbons (Fsp3) is 0.342. The number of phenolic OH excluding ortho intramolecular Hbond substituents is 3. The normalized spacial score (nSPS) is 20.6. The average molecular weight is 795 g/mol. The largest absolute Gasteiger partial charge is 0.508 e. The Morgan fingerprint density at radius 2 is 1.67 bits per heavy atom. The van der Waals surface area contributed by atoms with Crippen molar-refractivity contribution in [2.75, 3.05) is 36.5 Å². The van der Waals surface area contributed by atoms with E-state index in [4.69, 9.17) is 14.7 Å². The number of aliphatic hydroxyl groups excluding tert-OH is 3. The molecule has 2 fully saturated rings. The van der Waals surface area contributed by atoms with Crippen LogP contribution in [0.2, 0.25) is 0 Å². The van der Waals surface area contributed by atoms with Gasteiger partial charge in [-0.15, -0.1) is 10.2 Å². The lowest BCUT2D eigenvalue weighted by Gasteiger charge is -2.22. The molecule has 0 spiro atoms. The van der Waals surface area contributed by atoms with Crippen molar-refractivity contribution < 1.29 is 40.2 Å². The van der Waals surface area contributed by atoms with Crippen LogP contribution in [0, 0.1) is 0 Å². The van der Waals surface area contributed by atoms with Gasteiger partial charge in [0.15, 0.2) is 29.3 Å². The minimum Gasteiger partial charge on any atom is -0.508 e. The van der Waals surface area contributed by atoms with Crippen molar-refractivity contribution in [3.8, 4) is 17.2 Å². The van der Waals surface area contributed by atoms with E-state index >= 15 is 0 Å². The monoisotopic (exact) mass is 794 g/mol. The summed E-state index contributed by atoms with van der Waals surface area (Å²) in [4.78, 5) is 30.4. The van der Waals surface area contributed by atoms with Gasteiger partial charge in [-0.25, -0.2) is 9.78 Å². The molecule has 9 N–H and O–H groups in total. The number of carbonyl (C=O) groups is 1. The number of imidazole rings is 1. The SMILES string of the molecule is O=C(NCc1cccc(O)c1)N[C@@H]1CCN(c2nc(NCC(c3ccc(O)cc3)c3ccc(O)cc3)c3ncn([C@@H]4O[C@H](c5nnn(CCO)n5)[C@@H](O)[C@H]4O)c3n2)C1. The number of rotatable bonds is 13. The molecule has 3 aromatic carbocycles. The van der Waals surface area contributed by atoms with Crippen molar-refractivity contribution in [3.05, 3.63) is 102 Å². The lowest BCUT2D eigenvalue weighted by molar-refractivity contribution is -0.0384. The molecule has 302 valence electrons. The van der Waals surface area contributed by atoms with Crippen LogP contribution in [-0.4, -0.2) is 121 Å². The van der Waals surface area contributed by atoms with E-state index < -0.39 is 24.5 Å². The number of tetrazole rings is 1. The number of aromatic hydroxyl groups is 3. The van der Waals surface area contributed by atoms with E-state index in [-0.39, 0.29) is 66.4 Å². The number of ether oxygens (including phenoxy) is 1. The highest BCUT2D eigenvalue weighted by Gasteiger charge is 2.47. The van der Waals surface area contributed by atoms with E-state index in [9.17, 15) is 35.4 Å². The Hall–Kier alpha value is -6.61. The van der Waals surface area contributed by atoms with Crippen molar-refractivity contribution >= 4 is 29.0 Å². The van der Waals surface area contributed by atoms with Crippen LogP contribution in [-0.2, 0) is 17.8 Å². The molecule has 20 heteroatoms. The van der Waals surface area contributed by atoms with Crippen LogP contribution in [0.1, 0.15) is 47.2 Å². The molecule has 20 nitrogen and oxygen atoms in total. The van der Waals surface area contributed by atoms with Crippen molar-refractivity contribution in [2.24, 2.45) is 0 Å². The summed E-state index contributed by atoms with van der Waals surface area (Å²) in [5.74, 6) is 0.787. The number of nitrogens with one attached hydrogen (secondary N) is 3. The Morgan fingerprint density at radius 3 is 2.38 bits per heavy atom. The lowest BCUT2D eigenvalue weighted by atomic mass is 9.91. The summed E-state index contributed by atoms with van der Waals surface area (Å²) in [6.45, 7) is 1.27.